The number of amides is 1. The number of anilines is 1. The molecular weight excluding hydrogens is 586 g/mol. The lowest BCUT2D eigenvalue weighted by atomic mass is 9.70. The summed E-state index contributed by atoms with van der Waals surface area (Å²) in [6.45, 7) is 9.92. The van der Waals surface area contributed by atoms with Crippen molar-refractivity contribution in [1.29, 1.82) is 0 Å². The van der Waals surface area contributed by atoms with Crippen molar-refractivity contribution < 1.29 is 23.6 Å². The molecule has 2 aromatic carbocycles. The number of aliphatic hydroxyl groups excluding tert-OH is 1. The zero-order valence-electron chi connectivity index (χ0n) is 24.7. The Kier molecular flexibility index (Phi) is 10.9. The molecule has 43 heavy (non-hydrogen) atoms. The molecule has 0 bridgehead atoms. The number of hydrogen-bond donors (Lipinski definition) is 3. The van der Waals surface area contributed by atoms with Gasteiger partial charge in [0.2, 0.25) is 0 Å². The fraction of sp³-hybridized carbons (Fsp3) is 0.455. The van der Waals surface area contributed by atoms with Crippen LogP contribution in [-0.2, 0) is 26.5 Å². The highest BCUT2D eigenvalue weighted by Gasteiger charge is 2.38. The van der Waals surface area contributed by atoms with Crippen LogP contribution in [0.25, 0.3) is 0 Å². The van der Waals surface area contributed by atoms with Gasteiger partial charge in [0.05, 0.1) is 17.2 Å². The number of nitrogens with zero attached hydrogens (tertiary/aromatic N) is 1. The van der Waals surface area contributed by atoms with Gasteiger partial charge in [-0.25, -0.2) is 9.35 Å². The Morgan fingerprint density at radius 2 is 2.09 bits per heavy atom. The van der Waals surface area contributed by atoms with Crippen LogP contribution in [0.15, 0.2) is 66.1 Å². The summed E-state index contributed by atoms with van der Waals surface area (Å²) in [6.07, 6.45) is 8.42. The van der Waals surface area contributed by atoms with Crippen molar-refractivity contribution in [2.75, 3.05) is 24.2 Å². The number of nitrogens with one attached hydrogen (secondary N) is 1. The number of carbonyl (C=O) groups is 2. The summed E-state index contributed by atoms with van der Waals surface area (Å²) in [5.74, 6) is 0.123. The summed E-state index contributed by atoms with van der Waals surface area (Å²) < 4.78 is 23.1. The molecule has 232 valence electrons. The molecule has 2 aliphatic rings. The second-order valence-corrected chi connectivity index (χ2v) is 14.3. The standard InChI is InChI=1S/C33H42ClN3O5S/c1-4-7-22(3)19-43(35,41)37-32(40)24-10-14-31(29(17-24)36-18-25-9-12-27(25)30(39)5-2)42-21-33(20-38)15-6-8-23-16-26(34)11-13-28(23)33/h4-5,10-11,13-14,16-17,20,22,25,27,30,36,39H,1-2,6-9,12,15,18-19,21H2,3H3,(H2,35,37,40,41)/t22-,25-,27+,30-,33-,43+/m0/s1. The Morgan fingerprint density at radius 1 is 1.30 bits per heavy atom. The zero-order chi connectivity index (χ0) is 31.2. The summed E-state index contributed by atoms with van der Waals surface area (Å²) in [7, 11) is -3.24. The van der Waals surface area contributed by atoms with Gasteiger partial charge in [0, 0.05) is 22.9 Å². The lowest BCUT2D eigenvalue weighted by Crippen LogP contribution is -2.39. The molecule has 1 saturated carbocycles. The molecule has 2 aliphatic carbocycles. The van der Waals surface area contributed by atoms with E-state index in [0.29, 0.717) is 35.8 Å². The molecule has 0 aliphatic heterocycles. The first kappa shape index (κ1) is 32.9. The largest absolute Gasteiger partial charge is 0.490 e. The lowest BCUT2D eigenvalue weighted by Gasteiger charge is -2.39. The van der Waals surface area contributed by atoms with Crippen LogP contribution in [0.3, 0.4) is 0 Å². The summed E-state index contributed by atoms with van der Waals surface area (Å²) in [5.41, 5.74) is 1.87. The average Bonchev–Trinajstić information content (AvgIpc) is 2.95. The highest BCUT2D eigenvalue weighted by atomic mass is 35.5. The van der Waals surface area contributed by atoms with E-state index in [9.17, 15) is 18.9 Å². The van der Waals surface area contributed by atoms with Crippen molar-refractivity contribution >= 4 is 39.4 Å². The van der Waals surface area contributed by atoms with Gasteiger partial charge >= 0.3 is 0 Å². The molecule has 4 rings (SSSR count). The van der Waals surface area contributed by atoms with Gasteiger partial charge in [-0.3, -0.25) is 4.79 Å². The summed E-state index contributed by atoms with van der Waals surface area (Å²) in [5, 5.41) is 20.2. The molecule has 0 spiro atoms. The Bertz CT molecular complexity index is 1490. The number of aliphatic hydroxyl groups is 1. The third-order valence-corrected chi connectivity index (χ3v) is 10.4. The molecule has 2 aromatic rings. The monoisotopic (exact) mass is 627 g/mol. The Labute approximate surface area is 260 Å². The minimum Gasteiger partial charge on any atom is -0.490 e. The van der Waals surface area contributed by atoms with Gasteiger partial charge in [-0.1, -0.05) is 36.7 Å². The fourth-order valence-corrected chi connectivity index (χ4v) is 7.73. The highest BCUT2D eigenvalue weighted by Crippen LogP contribution is 2.40. The predicted octanol–water partition coefficient (Wildman–Crippen LogP) is 5.87. The summed E-state index contributed by atoms with van der Waals surface area (Å²) in [4.78, 5) is 25.7. The molecule has 6 atom stereocenters. The lowest BCUT2D eigenvalue weighted by molar-refractivity contribution is -0.114. The van der Waals surface area contributed by atoms with Gasteiger partial charge in [-0.05, 0) is 97.7 Å². The van der Waals surface area contributed by atoms with Crippen LogP contribution in [0.2, 0.25) is 5.02 Å². The van der Waals surface area contributed by atoms with Crippen molar-refractivity contribution in [3.8, 4) is 5.75 Å². The number of allylic oxidation sites excluding steroid dienone is 1. The number of nitrogens with two attached hydrogens (primary N) is 1. The van der Waals surface area contributed by atoms with Gasteiger partial charge in [0.15, 0.2) is 0 Å². The van der Waals surface area contributed by atoms with Crippen LogP contribution < -0.4 is 15.2 Å². The second kappa shape index (κ2) is 14.2. The Morgan fingerprint density at radius 3 is 2.77 bits per heavy atom. The van der Waals surface area contributed by atoms with E-state index >= 15 is 0 Å². The third-order valence-electron chi connectivity index (χ3n) is 8.65. The normalized spacial score (nSPS) is 23.8. The molecule has 4 N–H and O–H groups in total. The van der Waals surface area contributed by atoms with E-state index < -0.39 is 27.3 Å². The maximum absolute atomic E-state index is 13.1. The average molecular weight is 628 g/mol. The van der Waals surface area contributed by atoms with Gasteiger partial charge in [0.25, 0.3) is 5.91 Å². The molecule has 1 fully saturated rings. The van der Waals surface area contributed by atoms with Crippen molar-refractivity contribution in [3.63, 3.8) is 0 Å². The highest BCUT2D eigenvalue weighted by molar-refractivity contribution is 7.91. The third kappa shape index (κ3) is 7.95. The quantitative estimate of drug-likeness (QED) is 0.177. The van der Waals surface area contributed by atoms with E-state index in [0.717, 1.165) is 43.1 Å². The zero-order valence-corrected chi connectivity index (χ0v) is 26.2. The van der Waals surface area contributed by atoms with Gasteiger partial charge in [-0.2, -0.15) is 0 Å². The number of carbonyl (C=O) groups excluding carboxylic acids is 2. The second-order valence-electron chi connectivity index (χ2n) is 11.9. The molecule has 0 unspecified atom stereocenters. The van der Waals surface area contributed by atoms with Crippen LogP contribution in [-0.4, -0.2) is 46.5 Å². The number of hydrogen-bond acceptors (Lipinski definition) is 6. The topological polar surface area (TPSA) is 131 Å². The van der Waals surface area contributed by atoms with E-state index in [2.05, 4.69) is 22.8 Å². The SMILES string of the molecule is C=CC[C@H](C)C[S@](N)(=O)=NC(=O)c1ccc(OC[C@@]2(C=O)CCCc3cc(Cl)ccc32)c(NC[C@@H]2CC[C@H]2[C@@H](O)C=C)c1. The first-order valence-corrected chi connectivity index (χ1v) is 16.9. The van der Waals surface area contributed by atoms with Crippen LogP contribution >= 0.6 is 11.6 Å². The van der Waals surface area contributed by atoms with Crippen molar-refractivity contribution in [2.24, 2.45) is 27.3 Å². The van der Waals surface area contributed by atoms with Crippen molar-refractivity contribution in [2.45, 2.75) is 57.0 Å². The number of aldehydes is 1. The maximum atomic E-state index is 13.1. The first-order valence-electron chi connectivity index (χ1n) is 14.7. The van der Waals surface area contributed by atoms with Crippen LogP contribution in [0, 0.1) is 17.8 Å². The van der Waals surface area contributed by atoms with Gasteiger partial charge in [-0.15, -0.1) is 17.5 Å². The molecule has 1 amide bonds. The molecule has 10 heteroatoms. The maximum Gasteiger partial charge on any atom is 0.286 e. The van der Waals surface area contributed by atoms with Crippen LogP contribution in [0.4, 0.5) is 5.69 Å². The minimum atomic E-state index is -3.24. The molecule has 0 saturated heterocycles. The van der Waals surface area contributed by atoms with Crippen LogP contribution in [0.1, 0.15) is 60.5 Å². The van der Waals surface area contributed by atoms with E-state index in [1.165, 1.54) is 0 Å². The van der Waals surface area contributed by atoms with Crippen molar-refractivity contribution in [1.82, 2.24) is 0 Å². The number of fused-ring (bicyclic) bond motifs is 1. The molecule has 0 heterocycles. The number of ether oxygens (including phenoxy) is 1. The summed E-state index contributed by atoms with van der Waals surface area (Å²) >= 11 is 6.23. The number of rotatable bonds is 14. The van der Waals surface area contributed by atoms with Gasteiger partial charge in [0.1, 0.15) is 28.6 Å². The van der Waals surface area contributed by atoms with E-state index in [1.807, 2.05) is 19.1 Å². The number of aryl methyl sites for hydroxylation is 1. The summed E-state index contributed by atoms with van der Waals surface area (Å²) in [6, 6.07) is 10.4. The smallest absolute Gasteiger partial charge is 0.286 e. The fourth-order valence-electron chi connectivity index (χ4n) is 6.13. The Hall–Kier alpha value is -2.98. The molecule has 0 aromatic heterocycles. The van der Waals surface area contributed by atoms with Crippen LogP contribution in [0.5, 0.6) is 5.75 Å². The van der Waals surface area contributed by atoms with Crippen molar-refractivity contribution in [3.05, 3.63) is 83.4 Å². The minimum absolute atomic E-state index is 0.0352. The number of benzene rings is 2. The van der Waals surface area contributed by atoms with E-state index in [4.69, 9.17) is 21.5 Å². The van der Waals surface area contributed by atoms with E-state index in [-0.39, 0.29) is 35.7 Å². The van der Waals surface area contributed by atoms with E-state index in [1.54, 1.807) is 36.4 Å². The Balaban J connectivity index is 1.60. The molecular formula is C33H42ClN3O5S. The first-order chi connectivity index (χ1) is 20.5. The van der Waals surface area contributed by atoms with Gasteiger partial charge < -0.3 is 20.0 Å². The molecule has 8 nitrogen and oxygen atoms in total. The molecule has 0 radical (unpaired) electrons. The predicted molar refractivity (Wildman–Crippen MR) is 173 cm³/mol. The number of halogens is 1.